The van der Waals surface area contributed by atoms with Crippen LogP contribution in [-0.4, -0.2) is 27.4 Å². The van der Waals surface area contributed by atoms with E-state index in [1.54, 1.807) is 0 Å². The summed E-state index contributed by atoms with van der Waals surface area (Å²) in [6.45, 7) is 2.19. The summed E-state index contributed by atoms with van der Waals surface area (Å²) in [4.78, 5) is 5.43. The molecule has 0 bridgehead atoms. The summed E-state index contributed by atoms with van der Waals surface area (Å²) in [5, 5.41) is 0. The van der Waals surface area contributed by atoms with E-state index < -0.39 is 0 Å². The van der Waals surface area contributed by atoms with Crippen LogP contribution < -0.4 is 0 Å². The van der Waals surface area contributed by atoms with Crippen molar-refractivity contribution in [1.29, 1.82) is 0 Å². The zero-order valence-corrected chi connectivity index (χ0v) is 18.7. The molecule has 0 saturated carbocycles. The van der Waals surface area contributed by atoms with Gasteiger partial charge in [0.05, 0.1) is 11.1 Å². The van der Waals surface area contributed by atoms with E-state index in [4.69, 9.17) is 4.99 Å². The van der Waals surface area contributed by atoms with Crippen LogP contribution in [0.5, 0.6) is 0 Å². The molecule has 3 heterocycles. The van der Waals surface area contributed by atoms with Crippen LogP contribution in [0.25, 0.3) is 16.6 Å². The molecule has 0 spiro atoms. The Morgan fingerprint density at radius 1 is 0.697 bits per heavy atom. The monoisotopic (exact) mass is 426 g/mol. The first-order valence-corrected chi connectivity index (χ1v) is 11.2. The largest absolute Gasteiger partial charge is 0.301 e. The zero-order chi connectivity index (χ0) is 22.4. The first-order valence-electron chi connectivity index (χ1n) is 11.2. The lowest BCUT2D eigenvalue weighted by atomic mass is 10.0. The summed E-state index contributed by atoms with van der Waals surface area (Å²) in [7, 11) is 2.13. The Labute approximate surface area is 193 Å². The van der Waals surface area contributed by atoms with E-state index in [1.807, 2.05) is 0 Å². The van der Waals surface area contributed by atoms with Crippen molar-refractivity contribution in [3.05, 3.63) is 126 Å². The number of nitrogens with zero attached hydrogens (tertiary/aromatic N) is 3. The van der Waals surface area contributed by atoms with Gasteiger partial charge in [0.2, 0.25) is 11.4 Å². The summed E-state index contributed by atoms with van der Waals surface area (Å²) in [5.41, 5.74) is 10.4. The lowest BCUT2D eigenvalue weighted by Crippen LogP contribution is -2.18. The summed E-state index contributed by atoms with van der Waals surface area (Å²) >= 11 is 0. The quantitative estimate of drug-likeness (QED) is 0.282. The number of hydrogen-bond acceptors (Lipinski definition) is 1. The summed E-state index contributed by atoms with van der Waals surface area (Å²) < 4.78 is 4.47. The van der Waals surface area contributed by atoms with Crippen LogP contribution in [0.1, 0.15) is 16.7 Å². The van der Waals surface area contributed by atoms with Gasteiger partial charge in [-0.25, -0.2) is 4.99 Å². The highest BCUT2D eigenvalue weighted by molar-refractivity contribution is 6.54. The number of aryl methyl sites for hydroxylation is 1. The lowest BCUT2D eigenvalue weighted by molar-refractivity contribution is -0.399. The second-order valence-electron chi connectivity index (χ2n) is 8.40. The van der Waals surface area contributed by atoms with Crippen LogP contribution in [0.15, 0.2) is 114 Å². The normalized spacial score (nSPS) is 14.3. The molecule has 3 nitrogen and oxygen atoms in total. The molecule has 3 heteroatoms. The molecular formula is C30H24N3+. The highest BCUT2D eigenvalue weighted by Crippen LogP contribution is 2.39. The molecule has 3 aromatic carbocycles. The van der Waals surface area contributed by atoms with E-state index >= 15 is 0 Å². The average molecular weight is 427 g/mol. The van der Waals surface area contributed by atoms with Gasteiger partial charge in [0, 0.05) is 23.4 Å². The molecule has 6 rings (SSSR count). The van der Waals surface area contributed by atoms with Gasteiger partial charge in [-0.1, -0.05) is 66.7 Å². The van der Waals surface area contributed by atoms with Gasteiger partial charge in [-0.2, -0.15) is 4.58 Å². The minimum Gasteiger partial charge on any atom is -0.301 e. The van der Waals surface area contributed by atoms with Gasteiger partial charge >= 0.3 is 0 Å². The molecule has 0 atom stereocenters. The number of para-hydroxylation sites is 1. The second-order valence-corrected chi connectivity index (χ2v) is 8.40. The Bertz CT molecular complexity index is 1550. The molecule has 158 valence electrons. The molecule has 0 amide bonds. The third kappa shape index (κ3) is 3.05. The van der Waals surface area contributed by atoms with Crippen molar-refractivity contribution in [1.82, 2.24) is 4.40 Å². The predicted octanol–water partition coefficient (Wildman–Crippen LogP) is 6.81. The fourth-order valence-corrected chi connectivity index (χ4v) is 4.93. The maximum Gasteiger partial charge on any atom is 0.239 e. The Morgan fingerprint density at radius 3 is 2.09 bits per heavy atom. The average Bonchev–Trinajstić information content (AvgIpc) is 3.32. The Balaban J connectivity index is 1.69. The number of rotatable bonds is 3. The fraction of sp³-hybridized carbons (Fsp3) is 0.0667. The van der Waals surface area contributed by atoms with Gasteiger partial charge in [0.25, 0.3) is 0 Å². The van der Waals surface area contributed by atoms with Crippen molar-refractivity contribution in [2.24, 2.45) is 4.99 Å². The molecule has 1 aliphatic heterocycles. The molecule has 0 fully saturated rings. The van der Waals surface area contributed by atoms with Gasteiger partial charge < -0.3 is 4.40 Å². The van der Waals surface area contributed by atoms with Gasteiger partial charge in [-0.05, 0) is 48.4 Å². The Hall–Kier alpha value is -4.24. The van der Waals surface area contributed by atoms with Crippen molar-refractivity contribution < 1.29 is 4.58 Å². The minimum atomic E-state index is 0.961. The van der Waals surface area contributed by atoms with Crippen molar-refractivity contribution in [2.45, 2.75) is 6.92 Å². The Morgan fingerprint density at radius 2 is 1.33 bits per heavy atom. The van der Waals surface area contributed by atoms with E-state index in [9.17, 15) is 0 Å². The number of hydrogen-bond donors (Lipinski definition) is 0. The van der Waals surface area contributed by atoms with E-state index in [1.165, 1.54) is 27.9 Å². The molecule has 33 heavy (non-hydrogen) atoms. The first-order chi connectivity index (χ1) is 16.2. The standard InChI is InChI=1S/C30H24N3/c1-21-25-18-11-12-20-33(25)30(27(21)22-13-5-3-6-14-22)31-28-24-17-9-10-19-26(24)32(2)29(28)23-15-7-4-8-16-23/h3-20H,1-2H3/q+1. The molecule has 0 aliphatic carbocycles. The molecule has 0 N–H and O–H groups in total. The van der Waals surface area contributed by atoms with E-state index in [0.717, 1.165) is 28.4 Å². The first kappa shape index (κ1) is 19.4. The van der Waals surface area contributed by atoms with Crippen LogP contribution in [0, 0.1) is 6.92 Å². The maximum absolute atomic E-state index is 5.43. The number of aromatic nitrogens is 1. The van der Waals surface area contributed by atoms with Gasteiger partial charge in [0.15, 0.2) is 5.71 Å². The number of fused-ring (bicyclic) bond motifs is 2. The molecule has 0 unspecified atom stereocenters. The Kier molecular flexibility index (Phi) is 4.55. The highest BCUT2D eigenvalue weighted by Gasteiger charge is 2.35. The van der Waals surface area contributed by atoms with Crippen LogP contribution in [0.4, 0.5) is 11.5 Å². The minimum absolute atomic E-state index is 0.961. The number of pyridine rings is 1. The van der Waals surface area contributed by atoms with Crippen LogP contribution in [0.2, 0.25) is 0 Å². The molecule has 2 aromatic heterocycles. The third-order valence-corrected chi connectivity index (χ3v) is 6.48. The molecule has 0 radical (unpaired) electrons. The summed E-state index contributed by atoms with van der Waals surface area (Å²) in [6, 6.07) is 36.0. The van der Waals surface area contributed by atoms with Crippen LogP contribution >= 0.6 is 0 Å². The molecular weight excluding hydrogens is 402 g/mol. The SMILES string of the molecule is Cc1c(-c2ccccc2)c(/N=C2/C(c3ccccc3)=[N+](C)c3ccccc32)n2ccccc12. The smallest absolute Gasteiger partial charge is 0.239 e. The zero-order valence-electron chi connectivity index (χ0n) is 18.7. The fourth-order valence-electron chi connectivity index (χ4n) is 4.93. The molecule has 0 saturated heterocycles. The topological polar surface area (TPSA) is 19.8 Å². The summed E-state index contributed by atoms with van der Waals surface area (Å²) in [5.74, 6) is 0.961. The second kappa shape index (κ2) is 7.72. The third-order valence-electron chi connectivity index (χ3n) is 6.48. The number of aliphatic imine (C=N–C) groups is 1. The van der Waals surface area contributed by atoms with E-state index in [0.29, 0.717) is 0 Å². The van der Waals surface area contributed by atoms with Gasteiger partial charge in [-0.15, -0.1) is 0 Å². The predicted molar refractivity (Wildman–Crippen MR) is 137 cm³/mol. The van der Waals surface area contributed by atoms with Crippen molar-refractivity contribution in [3.63, 3.8) is 0 Å². The van der Waals surface area contributed by atoms with Crippen molar-refractivity contribution in [3.8, 4) is 11.1 Å². The van der Waals surface area contributed by atoms with Crippen LogP contribution in [0.3, 0.4) is 0 Å². The van der Waals surface area contributed by atoms with Gasteiger partial charge in [-0.3, -0.25) is 0 Å². The lowest BCUT2D eigenvalue weighted by Gasteiger charge is -2.06. The number of benzene rings is 3. The highest BCUT2D eigenvalue weighted by atomic mass is 15.1. The van der Waals surface area contributed by atoms with E-state index in [-0.39, 0.29) is 0 Å². The van der Waals surface area contributed by atoms with Crippen molar-refractivity contribution in [2.75, 3.05) is 7.05 Å². The maximum atomic E-state index is 5.43. The molecule has 5 aromatic rings. The summed E-state index contributed by atoms with van der Waals surface area (Å²) in [6.07, 6.45) is 2.11. The van der Waals surface area contributed by atoms with Crippen molar-refractivity contribution >= 4 is 28.4 Å². The molecule has 1 aliphatic rings. The van der Waals surface area contributed by atoms with Crippen LogP contribution in [-0.2, 0) is 0 Å². The van der Waals surface area contributed by atoms with Gasteiger partial charge in [0.1, 0.15) is 12.9 Å². The van der Waals surface area contributed by atoms with E-state index in [2.05, 4.69) is 132 Å².